The van der Waals surface area contributed by atoms with E-state index in [9.17, 15) is 4.79 Å². The Morgan fingerprint density at radius 3 is 2.72 bits per heavy atom. The summed E-state index contributed by atoms with van der Waals surface area (Å²) in [5.41, 5.74) is 7.40. The van der Waals surface area contributed by atoms with Gasteiger partial charge in [0.2, 0.25) is 5.91 Å². The zero-order valence-corrected chi connectivity index (χ0v) is 11.3. The average molecular weight is 262 g/mol. The van der Waals surface area contributed by atoms with Crippen molar-refractivity contribution < 1.29 is 4.79 Å². The Labute approximate surface area is 113 Å². The van der Waals surface area contributed by atoms with Crippen LogP contribution in [-0.2, 0) is 11.3 Å². The molecule has 0 aromatic heterocycles. The Morgan fingerprint density at radius 1 is 1.50 bits per heavy atom. The topological polar surface area (TPSA) is 55.1 Å². The predicted molar refractivity (Wildman–Crippen MR) is 76.1 cm³/mol. The lowest BCUT2D eigenvalue weighted by Crippen LogP contribution is -2.52. The number of amides is 1. The predicted octanol–water partition coefficient (Wildman–Crippen LogP) is 2.07. The van der Waals surface area contributed by atoms with E-state index in [2.05, 4.69) is 11.4 Å². The molecule has 1 aromatic carbocycles. The highest BCUT2D eigenvalue weighted by molar-refractivity contribution is 7.80. The van der Waals surface area contributed by atoms with E-state index < -0.39 is 5.41 Å². The first kappa shape index (κ1) is 13.0. The number of hydrogen-bond acceptors (Lipinski definition) is 2. The van der Waals surface area contributed by atoms with Crippen molar-refractivity contribution >= 4 is 23.1 Å². The van der Waals surface area contributed by atoms with Gasteiger partial charge < -0.3 is 11.1 Å². The van der Waals surface area contributed by atoms with Gasteiger partial charge in [0, 0.05) is 6.54 Å². The molecule has 2 rings (SSSR count). The van der Waals surface area contributed by atoms with Crippen LogP contribution in [0.2, 0.25) is 0 Å². The summed E-state index contributed by atoms with van der Waals surface area (Å²) >= 11 is 5.03. The van der Waals surface area contributed by atoms with Crippen molar-refractivity contribution in [2.75, 3.05) is 0 Å². The lowest BCUT2D eigenvalue weighted by Gasteiger charge is -2.39. The molecule has 0 heterocycles. The van der Waals surface area contributed by atoms with Crippen LogP contribution in [-0.4, -0.2) is 10.9 Å². The molecule has 3 N–H and O–H groups in total. The van der Waals surface area contributed by atoms with Gasteiger partial charge >= 0.3 is 0 Å². The minimum atomic E-state index is -0.584. The first-order chi connectivity index (χ1) is 8.54. The standard InChI is InChI=1S/C14H18N2OS/c1-10-4-2-5-11(8-10)9-16-13(17)14(12(15)18)6-3-7-14/h2,4-5,8H,3,6-7,9H2,1H3,(H2,15,18)(H,16,17). The second-order valence-electron chi connectivity index (χ2n) is 4.97. The Balaban J connectivity index is 1.98. The Kier molecular flexibility index (Phi) is 3.66. The first-order valence-electron chi connectivity index (χ1n) is 6.18. The molecule has 1 saturated carbocycles. The van der Waals surface area contributed by atoms with E-state index in [0.29, 0.717) is 11.5 Å². The quantitative estimate of drug-likeness (QED) is 0.817. The number of carbonyl (C=O) groups is 1. The molecular weight excluding hydrogens is 244 g/mol. The highest BCUT2D eigenvalue weighted by Crippen LogP contribution is 2.41. The number of carbonyl (C=O) groups excluding carboxylic acids is 1. The van der Waals surface area contributed by atoms with E-state index in [1.807, 2.05) is 25.1 Å². The Morgan fingerprint density at radius 2 is 2.22 bits per heavy atom. The summed E-state index contributed by atoms with van der Waals surface area (Å²) in [7, 11) is 0. The molecule has 0 spiro atoms. The molecule has 0 saturated heterocycles. The zero-order chi connectivity index (χ0) is 13.2. The minimum Gasteiger partial charge on any atom is -0.392 e. The van der Waals surface area contributed by atoms with Crippen LogP contribution in [0.15, 0.2) is 24.3 Å². The average Bonchev–Trinajstić information content (AvgIpc) is 2.24. The first-order valence-corrected chi connectivity index (χ1v) is 6.59. The lowest BCUT2D eigenvalue weighted by molar-refractivity contribution is -0.131. The number of hydrogen-bond donors (Lipinski definition) is 2. The Hall–Kier alpha value is -1.42. The molecule has 0 unspecified atom stereocenters. The van der Waals surface area contributed by atoms with E-state index >= 15 is 0 Å². The van der Waals surface area contributed by atoms with Crippen LogP contribution in [0.1, 0.15) is 30.4 Å². The monoisotopic (exact) mass is 262 g/mol. The molecule has 1 amide bonds. The van der Waals surface area contributed by atoms with Crippen LogP contribution >= 0.6 is 12.2 Å². The van der Waals surface area contributed by atoms with E-state index in [0.717, 1.165) is 24.8 Å². The molecule has 3 nitrogen and oxygen atoms in total. The van der Waals surface area contributed by atoms with Crippen LogP contribution in [0.3, 0.4) is 0 Å². The fourth-order valence-electron chi connectivity index (χ4n) is 2.29. The van der Waals surface area contributed by atoms with Gasteiger partial charge in [-0.3, -0.25) is 4.79 Å². The molecule has 96 valence electrons. The van der Waals surface area contributed by atoms with Gasteiger partial charge in [0.05, 0.1) is 10.4 Å². The van der Waals surface area contributed by atoms with E-state index in [1.54, 1.807) is 0 Å². The third-order valence-corrected chi connectivity index (χ3v) is 4.04. The molecular formula is C14H18N2OS. The van der Waals surface area contributed by atoms with Crippen LogP contribution in [0.25, 0.3) is 0 Å². The molecule has 1 fully saturated rings. The van der Waals surface area contributed by atoms with E-state index in [-0.39, 0.29) is 5.91 Å². The van der Waals surface area contributed by atoms with Gasteiger partial charge in [-0.2, -0.15) is 0 Å². The number of thiocarbonyl (C=S) groups is 1. The highest BCUT2D eigenvalue weighted by Gasteiger charge is 2.46. The van der Waals surface area contributed by atoms with E-state index in [1.165, 1.54) is 5.56 Å². The smallest absolute Gasteiger partial charge is 0.233 e. The fourth-order valence-corrected chi connectivity index (χ4v) is 2.59. The second kappa shape index (κ2) is 5.06. The van der Waals surface area contributed by atoms with Gasteiger partial charge in [-0.05, 0) is 25.3 Å². The largest absolute Gasteiger partial charge is 0.392 e. The van der Waals surface area contributed by atoms with Crippen molar-refractivity contribution in [3.05, 3.63) is 35.4 Å². The highest BCUT2D eigenvalue weighted by atomic mass is 32.1. The molecule has 0 radical (unpaired) electrons. The third kappa shape index (κ3) is 2.38. The summed E-state index contributed by atoms with van der Waals surface area (Å²) in [4.78, 5) is 12.5. The second-order valence-corrected chi connectivity index (χ2v) is 5.41. The fraction of sp³-hybridized carbons (Fsp3) is 0.429. The van der Waals surface area contributed by atoms with Crippen LogP contribution in [0, 0.1) is 12.3 Å². The molecule has 4 heteroatoms. The molecule has 0 aliphatic heterocycles. The van der Waals surface area contributed by atoms with Gasteiger partial charge in [0.1, 0.15) is 0 Å². The number of benzene rings is 1. The molecule has 18 heavy (non-hydrogen) atoms. The summed E-state index contributed by atoms with van der Waals surface area (Å²) in [5.74, 6) is -0.0252. The van der Waals surface area contributed by atoms with Gasteiger partial charge in [0.25, 0.3) is 0 Å². The van der Waals surface area contributed by atoms with Crippen molar-refractivity contribution in [1.82, 2.24) is 5.32 Å². The summed E-state index contributed by atoms with van der Waals surface area (Å²) in [6.07, 6.45) is 2.58. The summed E-state index contributed by atoms with van der Waals surface area (Å²) in [5, 5.41) is 2.94. The van der Waals surface area contributed by atoms with Crippen LogP contribution in [0.4, 0.5) is 0 Å². The molecule has 1 aliphatic rings. The van der Waals surface area contributed by atoms with Crippen molar-refractivity contribution in [3.63, 3.8) is 0 Å². The normalized spacial score (nSPS) is 16.7. The zero-order valence-electron chi connectivity index (χ0n) is 10.5. The summed E-state index contributed by atoms with van der Waals surface area (Å²) in [6, 6.07) is 8.09. The number of nitrogens with two attached hydrogens (primary N) is 1. The number of aryl methyl sites for hydroxylation is 1. The maximum Gasteiger partial charge on any atom is 0.233 e. The SMILES string of the molecule is Cc1cccc(CNC(=O)C2(C(N)=S)CCC2)c1. The van der Waals surface area contributed by atoms with Gasteiger partial charge in [0.15, 0.2) is 0 Å². The van der Waals surface area contributed by atoms with Crippen molar-refractivity contribution in [3.8, 4) is 0 Å². The molecule has 0 atom stereocenters. The summed E-state index contributed by atoms with van der Waals surface area (Å²) < 4.78 is 0. The number of rotatable bonds is 4. The van der Waals surface area contributed by atoms with Gasteiger partial charge in [-0.15, -0.1) is 0 Å². The maximum atomic E-state index is 12.2. The maximum absolute atomic E-state index is 12.2. The third-order valence-electron chi connectivity index (χ3n) is 3.65. The van der Waals surface area contributed by atoms with Crippen molar-refractivity contribution in [2.24, 2.45) is 11.1 Å². The van der Waals surface area contributed by atoms with E-state index in [4.69, 9.17) is 18.0 Å². The van der Waals surface area contributed by atoms with Crippen molar-refractivity contribution in [1.29, 1.82) is 0 Å². The van der Waals surface area contributed by atoms with Crippen LogP contribution < -0.4 is 11.1 Å². The van der Waals surface area contributed by atoms with Crippen LogP contribution in [0.5, 0.6) is 0 Å². The lowest BCUT2D eigenvalue weighted by atomic mass is 9.68. The van der Waals surface area contributed by atoms with Crippen molar-refractivity contribution in [2.45, 2.75) is 32.7 Å². The Bertz CT molecular complexity index is 480. The molecule has 1 aromatic rings. The van der Waals surface area contributed by atoms with Gasteiger partial charge in [-0.1, -0.05) is 48.5 Å². The van der Waals surface area contributed by atoms with Gasteiger partial charge in [-0.25, -0.2) is 0 Å². The minimum absolute atomic E-state index is 0.0252. The summed E-state index contributed by atoms with van der Waals surface area (Å²) in [6.45, 7) is 2.57. The molecule has 0 bridgehead atoms. The molecule has 1 aliphatic carbocycles. The number of nitrogens with one attached hydrogen (secondary N) is 1.